The minimum Gasteiger partial charge on any atom is -0.423 e. The van der Waals surface area contributed by atoms with Gasteiger partial charge in [0.1, 0.15) is 0 Å². The topological polar surface area (TPSA) is 117 Å². The van der Waals surface area contributed by atoms with Gasteiger partial charge in [-0.25, -0.2) is 9.59 Å². The van der Waals surface area contributed by atoms with E-state index >= 15 is 0 Å². The van der Waals surface area contributed by atoms with E-state index in [0.29, 0.717) is 0 Å². The van der Waals surface area contributed by atoms with Crippen LogP contribution in [0.15, 0.2) is 0 Å². The summed E-state index contributed by atoms with van der Waals surface area (Å²) in [7, 11) is 0. The lowest BCUT2D eigenvalue weighted by atomic mass is 10.9. The van der Waals surface area contributed by atoms with E-state index < -0.39 is 25.8 Å². The molecule has 0 fully saturated rings. The van der Waals surface area contributed by atoms with Crippen LogP contribution in [0.5, 0.6) is 0 Å². The number of hydrogen-bond donors (Lipinski definition) is 4. The Kier molecular flexibility index (Phi) is 6.28. The molecule has 0 unspecified atom stereocenters. The van der Waals surface area contributed by atoms with Crippen LogP contribution in [0, 0.1) is 0 Å². The normalized spacial score (nSPS) is 8.77. The van der Waals surface area contributed by atoms with Crippen molar-refractivity contribution in [2.24, 2.45) is 0 Å². The quantitative estimate of drug-likeness (QED) is 0.396. The second-order valence-electron chi connectivity index (χ2n) is 1.65. The van der Waals surface area contributed by atoms with E-state index in [9.17, 15) is 9.59 Å². The van der Waals surface area contributed by atoms with Gasteiger partial charge in [0.15, 0.2) is 13.6 Å². The van der Waals surface area contributed by atoms with Crippen LogP contribution in [0.1, 0.15) is 0 Å². The largest absolute Gasteiger partial charge is 0.423 e. The van der Waals surface area contributed by atoms with Gasteiger partial charge in [-0.05, 0) is 0 Å². The molecule has 0 saturated heterocycles. The Morgan fingerprint density at radius 2 is 1.38 bits per heavy atom. The molecule has 8 nitrogen and oxygen atoms in total. The molecule has 0 aromatic heterocycles. The Morgan fingerprint density at radius 1 is 1.00 bits per heavy atom. The molecule has 0 rings (SSSR count). The summed E-state index contributed by atoms with van der Waals surface area (Å²) >= 11 is 0. The van der Waals surface area contributed by atoms with E-state index in [-0.39, 0.29) is 6.67 Å². The molecular formula is C5H10N2O6. The van der Waals surface area contributed by atoms with Gasteiger partial charge in [0.25, 0.3) is 0 Å². The van der Waals surface area contributed by atoms with Crippen molar-refractivity contribution in [2.45, 2.75) is 0 Å². The second kappa shape index (κ2) is 7.13. The molecule has 0 bridgehead atoms. The molecule has 0 aromatic carbocycles. The van der Waals surface area contributed by atoms with Crippen molar-refractivity contribution in [2.75, 3.05) is 20.3 Å². The van der Waals surface area contributed by atoms with Crippen LogP contribution in [0.3, 0.4) is 0 Å². The third kappa shape index (κ3) is 6.84. The summed E-state index contributed by atoms with van der Waals surface area (Å²) in [6.45, 7) is -1.71. The van der Waals surface area contributed by atoms with E-state index in [2.05, 4.69) is 20.1 Å². The highest BCUT2D eigenvalue weighted by Crippen LogP contribution is 1.74. The van der Waals surface area contributed by atoms with Gasteiger partial charge in [-0.2, -0.15) is 0 Å². The maximum Gasteiger partial charge on any atom is 0.410 e. The van der Waals surface area contributed by atoms with Crippen LogP contribution in [0.4, 0.5) is 9.59 Å². The molecule has 0 radical (unpaired) electrons. The van der Waals surface area contributed by atoms with Crippen molar-refractivity contribution in [3.63, 3.8) is 0 Å². The molecule has 0 saturated carbocycles. The first-order chi connectivity index (χ1) is 6.20. The van der Waals surface area contributed by atoms with Gasteiger partial charge in [0.05, 0.1) is 6.67 Å². The lowest BCUT2D eigenvalue weighted by molar-refractivity contribution is 0.0404. The van der Waals surface area contributed by atoms with Crippen molar-refractivity contribution in [1.82, 2.24) is 10.6 Å². The molecule has 0 spiro atoms. The maximum absolute atomic E-state index is 10.4. The smallest absolute Gasteiger partial charge is 0.410 e. The number of alkyl carbamates (subject to hydrolysis) is 2. The zero-order valence-corrected chi connectivity index (χ0v) is 6.65. The number of ether oxygens (including phenoxy) is 2. The predicted molar refractivity (Wildman–Crippen MR) is 38.3 cm³/mol. The molecule has 0 aliphatic rings. The molecule has 13 heavy (non-hydrogen) atoms. The molecule has 76 valence electrons. The molecule has 0 aliphatic heterocycles. The highest BCUT2D eigenvalue weighted by molar-refractivity contribution is 5.69. The first-order valence-corrected chi connectivity index (χ1v) is 3.23. The van der Waals surface area contributed by atoms with Gasteiger partial charge in [0.2, 0.25) is 0 Å². The molecule has 0 aliphatic carbocycles. The summed E-state index contributed by atoms with van der Waals surface area (Å²) in [6, 6.07) is 0. The second-order valence-corrected chi connectivity index (χ2v) is 1.65. The van der Waals surface area contributed by atoms with Gasteiger partial charge >= 0.3 is 12.2 Å². The van der Waals surface area contributed by atoms with Crippen LogP contribution in [-0.2, 0) is 9.47 Å². The number of rotatable bonds is 4. The summed E-state index contributed by atoms with van der Waals surface area (Å²) in [4.78, 5) is 20.9. The van der Waals surface area contributed by atoms with Crippen LogP contribution < -0.4 is 10.6 Å². The maximum atomic E-state index is 10.4. The Hall–Kier alpha value is -1.54. The van der Waals surface area contributed by atoms with Gasteiger partial charge < -0.3 is 30.3 Å². The van der Waals surface area contributed by atoms with E-state index in [1.54, 1.807) is 0 Å². The van der Waals surface area contributed by atoms with Crippen LogP contribution in [0.2, 0.25) is 0 Å². The Morgan fingerprint density at radius 3 is 1.69 bits per heavy atom. The molecule has 2 amide bonds. The van der Waals surface area contributed by atoms with E-state index in [1.807, 2.05) is 0 Å². The minimum absolute atomic E-state index is 0.225. The number of aliphatic hydroxyl groups excluding tert-OH is 2. The van der Waals surface area contributed by atoms with E-state index in [1.165, 1.54) is 0 Å². The Bertz CT molecular complexity index is 154. The van der Waals surface area contributed by atoms with Crippen LogP contribution in [-0.4, -0.2) is 42.7 Å². The highest BCUT2D eigenvalue weighted by atomic mass is 16.6. The first-order valence-electron chi connectivity index (χ1n) is 3.23. The SMILES string of the molecule is O=C(NCNC(=O)OCO)OCO. The fraction of sp³-hybridized carbons (Fsp3) is 0.600. The lowest BCUT2D eigenvalue weighted by Crippen LogP contribution is -2.38. The minimum atomic E-state index is -0.883. The lowest BCUT2D eigenvalue weighted by Gasteiger charge is -2.05. The van der Waals surface area contributed by atoms with Crippen molar-refractivity contribution in [3.05, 3.63) is 0 Å². The van der Waals surface area contributed by atoms with Crippen molar-refractivity contribution >= 4 is 12.2 Å². The highest BCUT2D eigenvalue weighted by Gasteiger charge is 2.02. The zero-order valence-electron chi connectivity index (χ0n) is 6.65. The zero-order chi connectivity index (χ0) is 10.1. The van der Waals surface area contributed by atoms with E-state index in [4.69, 9.17) is 10.2 Å². The van der Waals surface area contributed by atoms with Gasteiger partial charge in [-0.1, -0.05) is 0 Å². The molecule has 4 N–H and O–H groups in total. The van der Waals surface area contributed by atoms with E-state index in [0.717, 1.165) is 0 Å². The van der Waals surface area contributed by atoms with Gasteiger partial charge in [-0.15, -0.1) is 0 Å². The standard InChI is InChI=1S/C5H10N2O6/c8-2-12-4(10)6-1-7-5(11)13-3-9/h8-9H,1-3H2,(H,6,10)(H,7,11). The molecule has 8 heteroatoms. The summed E-state index contributed by atoms with van der Waals surface area (Å²) in [6.07, 6.45) is -1.77. The van der Waals surface area contributed by atoms with Crippen LogP contribution in [0.25, 0.3) is 0 Å². The monoisotopic (exact) mass is 194 g/mol. The Balaban J connectivity index is 3.33. The fourth-order valence-electron chi connectivity index (χ4n) is 0.408. The fourth-order valence-corrected chi connectivity index (χ4v) is 0.408. The average Bonchev–Trinajstić information content (AvgIpc) is 2.05. The number of carbonyl (C=O) groups excluding carboxylic acids is 2. The molecule has 0 atom stereocenters. The van der Waals surface area contributed by atoms with Gasteiger partial charge in [-0.3, -0.25) is 0 Å². The first kappa shape index (κ1) is 11.5. The third-order valence-electron chi connectivity index (χ3n) is 0.857. The number of aliphatic hydroxyl groups is 2. The summed E-state index contributed by atoms with van der Waals surface area (Å²) in [5.74, 6) is 0. The van der Waals surface area contributed by atoms with Crippen molar-refractivity contribution in [1.29, 1.82) is 0 Å². The molecule has 0 heterocycles. The van der Waals surface area contributed by atoms with Crippen molar-refractivity contribution in [3.8, 4) is 0 Å². The van der Waals surface area contributed by atoms with Gasteiger partial charge in [0, 0.05) is 0 Å². The predicted octanol–water partition coefficient (Wildman–Crippen LogP) is -1.70. The summed E-state index contributed by atoms with van der Waals surface area (Å²) in [5.41, 5.74) is 0. The van der Waals surface area contributed by atoms with Crippen molar-refractivity contribution < 1.29 is 29.3 Å². The summed E-state index contributed by atoms with van der Waals surface area (Å²) in [5, 5.41) is 20.3. The Labute approximate surface area is 73.4 Å². The number of amides is 2. The number of nitrogens with one attached hydrogen (secondary N) is 2. The molecule has 0 aromatic rings. The number of carbonyl (C=O) groups is 2. The van der Waals surface area contributed by atoms with Crippen LogP contribution >= 0.6 is 0 Å². The number of hydrogen-bond acceptors (Lipinski definition) is 6. The average molecular weight is 194 g/mol. The molecular weight excluding hydrogens is 184 g/mol. The summed E-state index contributed by atoms with van der Waals surface area (Å²) < 4.78 is 8.10. The third-order valence-corrected chi connectivity index (χ3v) is 0.857.